The summed E-state index contributed by atoms with van der Waals surface area (Å²) in [6, 6.07) is 1.84. The fourth-order valence-corrected chi connectivity index (χ4v) is 3.62. The predicted octanol–water partition coefficient (Wildman–Crippen LogP) is 2.61. The molecule has 0 amide bonds. The molecule has 0 saturated heterocycles. The zero-order chi connectivity index (χ0) is 15.2. The Morgan fingerprint density at radius 3 is 2.71 bits per heavy atom. The highest BCUT2D eigenvalue weighted by Crippen LogP contribution is 2.31. The minimum absolute atomic E-state index is 0.111. The van der Waals surface area contributed by atoms with Gasteiger partial charge in [-0.05, 0) is 18.4 Å². The highest BCUT2D eigenvalue weighted by atomic mass is 32.1. The summed E-state index contributed by atoms with van der Waals surface area (Å²) < 4.78 is 3.57. The maximum absolute atomic E-state index is 11.7. The van der Waals surface area contributed by atoms with Crippen LogP contribution in [0.25, 0.3) is 5.65 Å². The Bertz CT molecular complexity index is 851. The van der Waals surface area contributed by atoms with E-state index in [1.54, 1.807) is 28.1 Å². The lowest BCUT2D eigenvalue weighted by Crippen LogP contribution is -2.15. The molecule has 0 N–H and O–H groups in total. The molecule has 3 aromatic heterocycles. The predicted molar refractivity (Wildman–Crippen MR) is 84.1 cm³/mol. The second-order valence-electron chi connectivity index (χ2n) is 6.15. The van der Waals surface area contributed by atoms with Crippen LogP contribution in [0.3, 0.4) is 0 Å². The summed E-state index contributed by atoms with van der Waals surface area (Å²) in [5, 5.41) is 1.06. The lowest BCUT2D eigenvalue weighted by molar-refractivity contribution is 0.598. The molecule has 5 nitrogen and oxygen atoms in total. The third-order valence-corrected chi connectivity index (χ3v) is 4.95. The molecule has 0 fully saturated rings. The Morgan fingerprint density at radius 1 is 1.29 bits per heavy atom. The van der Waals surface area contributed by atoms with Crippen LogP contribution in [0, 0.1) is 6.92 Å². The van der Waals surface area contributed by atoms with Crippen LogP contribution in [0.15, 0.2) is 29.5 Å². The number of nitrogens with zero attached hydrogens (tertiary/aromatic N) is 4. The van der Waals surface area contributed by atoms with Crippen molar-refractivity contribution in [3.8, 4) is 0 Å². The number of hydrogen-bond acceptors (Lipinski definition) is 4. The van der Waals surface area contributed by atoms with Crippen LogP contribution in [0.2, 0.25) is 0 Å². The third kappa shape index (κ3) is 2.51. The number of thiazole rings is 1. The number of aryl methyl sites for hydroxylation is 1. The Hall–Kier alpha value is -1.95. The molecule has 0 aliphatic carbocycles. The standard InChI is InChI=1S/C15H18N4OS/c1-10-13(15(2,3)4)21-11(17-10)9-18-7-8-19-12(18)5-6-16-14(19)20/h5-8H,9H2,1-4H3. The molecule has 0 saturated carbocycles. The van der Waals surface area contributed by atoms with Gasteiger partial charge in [0.25, 0.3) is 0 Å². The molecule has 0 aromatic carbocycles. The molecule has 0 unspecified atom stereocenters. The third-order valence-electron chi connectivity index (χ3n) is 3.38. The smallest absolute Gasteiger partial charge is 0.326 e. The zero-order valence-corrected chi connectivity index (χ0v) is 13.4. The van der Waals surface area contributed by atoms with Gasteiger partial charge in [-0.3, -0.25) is 4.40 Å². The van der Waals surface area contributed by atoms with E-state index in [-0.39, 0.29) is 11.1 Å². The van der Waals surface area contributed by atoms with Crippen LogP contribution in [0.4, 0.5) is 0 Å². The normalized spacial score (nSPS) is 12.2. The summed E-state index contributed by atoms with van der Waals surface area (Å²) in [6.07, 6.45) is 5.18. The molecule has 0 aliphatic rings. The lowest BCUT2D eigenvalue weighted by atomic mass is 9.94. The highest BCUT2D eigenvalue weighted by Gasteiger charge is 2.21. The van der Waals surface area contributed by atoms with Crippen LogP contribution in [0.1, 0.15) is 36.3 Å². The van der Waals surface area contributed by atoms with Crippen LogP contribution in [-0.2, 0) is 12.0 Å². The molecular weight excluding hydrogens is 284 g/mol. The summed E-state index contributed by atoms with van der Waals surface area (Å²) >= 11 is 1.74. The van der Waals surface area contributed by atoms with E-state index in [0.717, 1.165) is 16.3 Å². The first-order chi connectivity index (χ1) is 9.86. The summed E-state index contributed by atoms with van der Waals surface area (Å²) in [5.74, 6) is 0. The van der Waals surface area contributed by atoms with Crippen molar-refractivity contribution < 1.29 is 0 Å². The number of rotatable bonds is 2. The van der Waals surface area contributed by atoms with Crippen LogP contribution >= 0.6 is 11.3 Å². The Balaban J connectivity index is 2.00. The van der Waals surface area contributed by atoms with Crippen LogP contribution in [-0.4, -0.2) is 18.9 Å². The fraction of sp³-hybridized carbons (Fsp3) is 0.400. The van der Waals surface area contributed by atoms with Gasteiger partial charge in [0, 0.05) is 23.5 Å². The number of hydrogen-bond donors (Lipinski definition) is 0. The largest absolute Gasteiger partial charge is 0.353 e. The zero-order valence-electron chi connectivity index (χ0n) is 12.6. The van der Waals surface area contributed by atoms with Crippen LogP contribution < -0.4 is 5.69 Å². The second-order valence-corrected chi connectivity index (χ2v) is 7.24. The summed E-state index contributed by atoms with van der Waals surface area (Å²) in [4.78, 5) is 21.4. The average molecular weight is 302 g/mol. The first kappa shape index (κ1) is 14.0. The van der Waals surface area contributed by atoms with Gasteiger partial charge in [-0.15, -0.1) is 11.3 Å². The van der Waals surface area contributed by atoms with E-state index in [1.807, 2.05) is 16.8 Å². The van der Waals surface area contributed by atoms with Crippen molar-refractivity contribution in [3.63, 3.8) is 0 Å². The molecule has 0 radical (unpaired) electrons. The molecule has 0 spiro atoms. The molecule has 6 heteroatoms. The van der Waals surface area contributed by atoms with Gasteiger partial charge in [-0.1, -0.05) is 20.8 Å². The van der Waals surface area contributed by atoms with Gasteiger partial charge in [0.2, 0.25) is 0 Å². The molecule has 3 heterocycles. The van der Waals surface area contributed by atoms with Gasteiger partial charge < -0.3 is 4.57 Å². The van der Waals surface area contributed by atoms with E-state index in [0.29, 0.717) is 6.54 Å². The molecule has 21 heavy (non-hydrogen) atoms. The van der Waals surface area contributed by atoms with E-state index in [2.05, 4.69) is 37.7 Å². The summed E-state index contributed by atoms with van der Waals surface area (Å²) in [5.41, 5.74) is 1.79. The van der Waals surface area contributed by atoms with Gasteiger partial charge in [-0.25, -0.2) is 14.8 Å². The molecule has 0 atom stereocenters. The van der Waals surface area contributed by atoms with Crippen molar-refractivity contribution in [2.75, 3.05) is 0 Å². The Kier molecular flexibility index (Phi) is 3.20. The van der Waals surface area contributed by atoms with Crippen molar-refractivity contribution >= 4 is 17.0 Å². The summed E-state index contributed by atoms with van der Waals surface area (Å²) in [6.45, 7) is 9.33. The molecule has 0 bridgehead atoms. The quantitative estimate of drug-likeness (QED) is 0.731. The van der Waals surface area contributed by atoms with E-state index in [4.69, 9.17) is 0 Å². The summed E-state index contributed by atoms with van der Waals surface area (Å²) in [7, 11) is 0. The number of fused-ring (bicyclic) bond motifs is 1. The molecule has 3 aromatic rings. The maximum atomic E-state index is 11.7. The first-order valence-corrected chi connectivity index (χ1v) is 7.67. The molecule has 0 aliphatic heterocycles. The molecule has 110 valence electrons. The maximum Gasteiger partial charge on any atom is 0.353 e. The van der Waals surface area contributed by atoms with Gasteiger partial charge in [-0.2, -0.15) is 0 Å². The fourth-order valence-electron chi connectivity index (χ4n) is 2.50. The van der Waals surface area contributed by atoms with Gasteiger partial charge in [0.05, 0.1) is 12.2 Å². The van der Waals surface area contributed by atoms with Crippen molar-refractivity contribution in [1.29, 1.82) is 0 Å². The molecule has 3 rings (SSSR count). The number of aromatic nitrogens is 4. The topological polar surface area (TPSA) is 52.2 Å². The first-order valence-electron chi connectivity index (χ1n) is 6.85. The van der Waals surface area contributed by atoms with Crippen molar-refractivity contribution in [1.82, 2.24) is 18.9 Å². The van der Waals surface area contributed by atoms with Crippen molar-refractivity contribution in [3.05, 3.63) is 50.7 Å². The van der Waals surface area contributed by atoms with E-state index in [9.17, 15) is 4.79 Å². The minimum Gasteiger partial charge on any atom is -0.326 e. The SMILES string of the molecule is Cc1nc(Cn2ccn3c(=O)nccc23)sc1C(C)(C)C. The Morgan fingerprint density at radius 2 is 2.05 bits per heavy atom. The minimum atomic E-state index is -0.253. The van der Waals surface area contributed by atoms with E-state index < -0.39 is 0 Å². The van der Waals surface area contributed by atoms with Gasteiger partial charge >= 0.3 is 5.69 Å². The van der Waals surface area contributed by atoms with Crippen molar-refractivity contribution in [2.45, 2.75) is 39.7 Å². The second kappa shape index (κ2) is 4.80. The van der Waals surface area contributed by atoms with Gasteiger partial charge in [0.1, 0.15) is 10.7 Å². The Labute approximate surface area is 126 Å². The highest BCUT2D eigenvalue weighted by molar-refractivity contribution is 7.11. The van der Waals surface area contributed by atoms with E-state index >= 15 is 0 Å². The monoisotopic (exact) mass is 302 g/mol. The lowest BCUT2D eigenvalue weighted by Gasteiger charge is -2.16. The van der Waals surface area contributed by atoms with Gasteiger partial charge in [0.15, 0.2) is 0 Å². The van der Waals surface area contributed by atoms with E-state index in [1.165, 1.54) is 4.88 Å². The average Bonchev–Trinajstić information content (AvgIpc) is 2.95. The number of imidazole rings is 1. The molecular formula is C15H18N4OS. The van der Waals surface area contributed by atoms with Crippen LogP contribution in [0.5, 0.6) is 0 Å². The van der Waals surface area contributed by atoms with Crippen molar-refractivity contribution in [2.24, 2.45) is 0 Å².